The summed E-state index contributed by atoms with van der Waals surface area (Å²) in [6.07, 6.45) is 1.98. The van der Waals surface area contributed by atoms with Crippen LogP contribution >= 0.6 is 11.3 Å². The first-order chi connectivity index (χ1) is 10.2. The number of hydrogen-bond acceptors (Lipinski definition) is 3. The monoisotopic (exact) mass is 303 g/mol. The van der Waals surface area contributed by atoms with E-state index in [-0.39, 0.29) is 12.1 Å². The molecule has 0 spiro atoms. The average molecular weight is 303 g/mol. The number of nitrogens with two attached hydrogens (primary N) is 1. The van der Waals surface area contributed by atoms with Crippen molar-refractivity contribution in [1.82, 2.24) is 0 Å². The summed E-state index contributed by atoms with van der Waals surface area (Å²) >= 11 is 1.70. The highest BCUT2D eigenvalue weighted by molar-refractivity contribution is 7.10. The van der Waals surface area contributed by atoms with E-state index in [4.69, 9.17) is 10.5 Å². The van der Waals surface area contributed by atoms with Gasteiger partial charge in [-0.1, -0.05) is 39.0 Å². The molecule has 114 valence electrons. The lowest BCUT2D eigenvalue weighted by Crippen LogP contribution is -2.30. The largest absolute Gasteiger partial charge is 0.483 e. The van der Waals surface area contributed by atoms with Crippen molar-refractivity contribution in [3.05, 3.63) is 52.2 Å². The molecule has 0 bridgehead atoms. The maximum absolute atomic E-state index is 6.24. The van der Waals surface area contributed by atoms with Crippen molar-refractivity contribution < 1.29 is 4.74 Å². The van der Waals surface area contributed by atoms with Gasteiger partial charge in [-0.3, -0.25) is 0 Å². The van der Waals surface area contributed by atoms with Crippen LogP contribution in [-0.4, -0.2) is 6.04 Å². The van der Waals surface area contributed by atoms with Crippen LogP contribution in [0.4, 0.5) is 0 Å². The van der Waals surface area contributed by atoms with Gasteiger partial charge < -0.3 is 10.5 Å². The van der Waals surface area contributed by atoms with E-state index in [1.165, 1.54) is 10.4 Å². The maximum Gasteiger partial charge on any atom is 0.148 e. The molecule has 2 N–H and O–H groups in total. The standard InChI is InChI=1S/C18H25NOS/c1-4-13(3)14-8-10-15(11-9-14)20-18(16(19)5-2)17-7-6-12-21-17/h6-13,16,18H,4-5,19H2,1-3H3. The van der Waals surface area contributed by atoms with Gasteiger partial charge in [-0.05, 0) is 47.9 Å². The topological polar surface area (TPSA) is 35.2 Å². The lowest BCUT2D eigenvalue weighted by molar-refractivity contribution is 0.174. The summed E-state index contributed by atoms with van der Waals surface area (Å²) in [6, 6.07) is 12.6. The zero-order chi connectivity index (χ0) is 15.2. The first-order valence-electron chi connectivity index (χ1n) is 7.71. The van der Waals surface area contributed by atoms with Gasteiger partial charge in [-0.15, -0.1) is 11.3 Å². The van der Waals surface area contributed by atoms with E-state index < -0.39 is 0 Å². The number of ether oxygens (including phenoxy) is 1. The molecule has 2 aromatic rings. The van der Waals surface area contributed by atoms with Crippen molar-refractivity contribution in [2.75, 3.05) is 0 Å². The quantitative estimate of drug-likeness (QED) is 0.770. The Kier molecular flexibility index (Phi) is 5.83. The summed E-state index contributed by atoms with van der Waals surface area (Å²) in [5.74, 6) is 1.48. The van der Waals surface area contributed by atoms with Crippen LogP contribution < -0.4 is 10.5 Å². The molecule has 2 rings (SSSR count). The second-order valence-electron chi connectivity index (χ2n) is 5.50. The minimum atomic E-state index is -0.0653. The molecule has 3 atom stereocenters. The summed E-state index contributed by atoms with van der Waals surface area (Å²) in [5, 5.41) is 2.07. The minimum absolute atomic E-state index is 0.0119. The molecule has 0 amide bonds. The van der Waals surface area contributed by atoms with Crippen molar-refractivity contribution in [2.45, 2.75) is 51.7 Å². The lowest BCUT2D eigenvalue weighted by Gasteiger charge is -2.23. The van der Waals surface area contributed by atoms with Crippen LogP contribution in [0.2, 0.25) is 0 Å². The first kappa shape index (κ1) is 16.1. The molecular weight excluding hydrogens is 278 g/mol. The maximum atomic E-state index is 6.24. The van der Waals surface area contributed by atoms with Gasteiger partial charge in [0, 0.05) is 10.9 Å². The van der Waals surface area contributed by atoms with Gasteiger partial charge in [-0.2, -0.15) is 0 Å². The van der Waals surface area contributed by atoms with Gasteiger partial charge in [0.1, 0.15) is 11.9 Å². The Balaban J connectivity index is 2.13. The van der Waals surface area contributed by atoms with Gasteiger partial charge in [0.25, 0.3) is 0 Å². The fourth-order valence-electron chi connectivity index (χ4n) is 2.28. The van der Waals surface area contributed by atoms with E-state index in [1.54, 1.807) is 11.3 Å². The third kappa shape index (κ3) is 4.08. The second kappa shape index (κ2) is 7.62. The van der Waals surface area contributed by atoms with Crippen LogP contribution in [-0.2, 0) is 0 Å². The van der Waals surface area contributed by atoms with E-state index in [0.29, 0.717) is 5.92 Å². The van der Waals surface area contributed by atoms with Gasteiger partial charge in [0.2, 0.25) is 0 Å². The molecule has 0 saturated heterocycles. The molecule has 21 heavy (non-hydrogen) atoms. The summed E-state index contributed by atoms with van der Waals surface area (Å²) in [7, 11) is 0. The third-order valence-electron chi connectivity index (χ3n) is 4.01. The van der Waals surface area contributed by atoms with Crippen molar-refractivity contribution in [2.24, 2.45) is 5.73 Å². The molecule has 0 saturated carbocycles. The third-order valence-corrected chi connectivity index (χ3v) is 4.94. The Morgan fingerprint density at radius 3 is 2.33 bits per heavy atom. The van der Waals surface area contributed by atoms with Crippen LogP contribution in [0, 0.1) is 0 Å². The van der Waals surface area contributed by atoms with Gasteiger partial charge in [-0.25, -0.2) is 0 Å². The molecule has 2 nitrogen and oxygen atoms in total. The SMILES string of the molecule is CCC(C)c1ccc(OC(c2cccs2)C(N)CC)cc1. The highest BCUT2D eigenvalue weighted by Crippen LogP contribution is 2.29. The fourth-order valence-corrected chi connectivity index (χ4v) is 3.11. The molecule has 1 aromatic carbocycles. The van der Waals surface area contributed by atoms with Crippen LogP contribution in [0.15, 0.2) is 41.8 Å². The van der Waals surface area contributed by atoms with Gasteiger partial charge in [0.15, 0.2) is 0 Å². The van der Waals surface area contributed by atoms with Gasteiger partial charge in [0.05, 0.1) is 0 Å². The highest BCUT2D eigenvalue weighted by atomic mass is 32.1. The Hall–Kier alpha value is -1.32. The minimum Gasteiger partial charge on any atom is -0.483 e. The van der Waals surface area contributed by atoms with Crippen molar-refractivity contribution in [3.63, 3.8) is 0 Å². The lowest BCUT2D eigenvalue weighted by atomic mass is 9.99. The van der Waals surface area contributed by atoms with E-state index in [0.717, 1.165) is 18.6 Å². The number of rotatable bonds is 7. The van der Waals surface area contributed by atoms with E-state index in [2.05, 4.69) is 56.5 Å². The van der Waals surface area contributed by atoms with E-state index in [9.17, 15) is 0 Å². The fraction of sp³-hybridized carbons (Fsp3) is 0.444. The summed E-state index contributed by atoms with van der Waals surface area (Å²) < 4.78 is 6.17. The summed E-state index contributed by atoms with van der Waals surface area (Å²) in [5.41, 5.74) is 7.60. The van der Waals surface area contributed by atoms with Crippen molar-refractivity contribution >= 4 is 11.3 Å². The van der Waals surface area contributed by atoms with Crippen molar-refractivity contribution in [1.29, 1.82) is 0 Å². The molecule has 3 heteroatoms. The zero-order valence-electron chi connectivity index (χ0n) is 13.1. The molecule has 3 unspecified atom stereocenters. The predicted molar refractivity (Wildman–Crippen MR) is 91.1 cm³/mol. The smallest absolute Gasteiger partial charge is 0.148 e. The number of hydrogen-bond donors (Lipinski definition) is 1. The molecule has 0 fully saturated rings. The average Bonchev–Trinajstić information content (AvgIpc) is 3.05. The highest BCUT2D eigenvalue weighted by Gasteiger charge is 2.21. The molecule has 1 aromatic heterocycles. The number of benzene rings is 1. The van der Waals surface area contributed by atoms with E-state index in [1.807, 2.05) is 6.07 Å². The molecule has 0 radical (unpaired) electrons. The first-order valence-corrected chi connectivity index (χ1v) is 8.59. The van der Waals surface area contributed by atoms with Crippen LogP contribution in [0.1, 0.15) is 56.1 Å². The predicted octanol–water partition coefficient (Wildman–Crippen LogP) is 5.12. The summed E-state index contributed by atoms with van der Waals surface area (Å²) in [6.45, 7) is 6.56. The Bertz CT molecular complexity index is 521. The Morgan fingerprint density at radius 2 is 1.81 bits per heavy atom. The molecule has 0 aliphatic heterocycles. The van der Waals surface area contributed by atoms with Crippen LogP contribution in [0.25, 0.3) is 0 Å². The molecule has 0 aliphatic rings. The second-order valence-corrected chi connectivity index (χ2v) is 6.48. The van der Waals surface area contributed by atoms with Crippen LogP contribution in [0.5, 0.6) is 5.75 Å². The molecular formula is C18H25NOS. The van der Waals surface area contributed by atoms with Crippen molar-refractivity contribution in [3.8, 4) is 5.75 Å². The normalized spacial score (nSPS) is 15.4. The Morgan fingerprint density at radius 1 is 1.10 bits per heavy atom. The van der Waals surface area contributed by atoms with Crippen LogP contribution in [0.3, 0.4) is 0 Å². The molecule has 0 aliphatic carbocycles. The zero-order valence-corrected chi connectivity index (χ0v) is 13.9. The number of thiophene rings is 1. The van der Waals surface area contributed by atoms with Gasteiger partial charge >= 0.3 is 0 Å². The van der Waals surface area contributed by atoms with E-state index >= 15 is 0 Å². The molecule has 1 heterocycles. The Labute approximate surface area is 132 Å². The summed E-state index contributed by atoms with van der Waals surface area (Å²) in [4.78, 5) is 1.19.